The van der Waals surface area contributed by atoms with E-state index >= 15 is 0 Å². The molecular formula is C26H22N4O4S. The molecule has 0 fully saturated rings. The molecule has 3 aromatic carbocycles. The van der Waals surface area contributed by atoms with Gasteiger partial charge in [-0.3, -0.25) is 24.3 Å². The van der Waals surface area contributed by atoms with Gasteiger partial charge in [0.15, 0.2) is 5.16 Å². The average Bonchev–Trinajstić information content (AvgIpc) is 3.27. The Balaban J connectivity index is 1.50. The minimum absolute atomic E-state index is 0.0189. The fourth-order valence-electron chi connectivity index (χ4n) is 4.53. The van der Waals surface area contributed by atoms with Crippen LogP contribution in [0.1, 0.15) is 16.7 Å². The van der Waals surface area contributed by atoms with Gasteiger partial charge in [-0.2, -0.15) is 0 Å². The van der Waals surface area contributed by atoms with E-state index in [1.54, 1.807) is 27.7 Å². The number of aryl methyl sites for hydroxylation is 2. The Bertz CT molecular complexity index is 1540. The number of nitro benzene ring substituents is 1. The molecule has 1 aromatic heterocycles. The number of nitro groups is 1. The topological polar surface area (TPSA) is 98.3 Å². The molecule has 2 heterocycles. The normalized spacial score (nSPS) is 12.7. The largest absolute Gasteiger partial charge is 0.311 e. The van der Waals surface area contributed by atoms with E-state index in [4.69, 9.17) is 4.98 Å². The van der Waals surface area contributed by atoms with Crippen LogP contribution in [-0.2, 0) is 11.2 Å². The van der Waals surface area contributed by atoms with Crippen LogP contribution < -0.4 is 10.5 Å². The smallest absolute Gasteiger partial charge is 0.269 e. The van der Waals surface area contributed by atoms with Crippen molar-refractivity contribution >= 4 is 39.9 Å². The molecule has 1 amide bonds. The van der Waals surface area contributed by atoms with E-state index in [0.717, 1.165) is 22.4 Å². The average molecular weight is 487 g/mol. The summed E-state index contributed by atoms with van der Waals surface area (Å²) in [4.78, 5) is 43.8. The van der Waals surface area contributed by atoms with Crippen LogP contribution in [0.25, 0.3) is 16.6 Å². The van der Waals surface area contributed by atoms with Crippen LogP contribution in [-0.4, -0.2) is 32.7 Å². The van der Waals surface area contributed by atoms with Crippen LogP contribution in [0.3, 0.4) is 0 Å². The van der Waals surface area contributed by atoms with Gasteiger partial charge in [0.25, 0.3) is 11.2 Å². The third-order valence-electron chi connectivity index (χ3n) is 6.20. The first-order chi connectivity index (χ1) is 16.8. The van der Waals surface area contributed by atoms with Crippen LogP contribution in [0.5, 0.6) is 0 Å². The number of rotatable bonds is 5. The summed E-state index contributed by atoms with van der Waals surface area (Å²) in [5.74, 6) is -0.0651. The molecule has 0 radical (unpaired) electrons. The first-order valence-corrected chi connectivity index (χ1v) is 12.1. The first kappa shape index (κ1) is 22.8. The summed E-state index contributed by atoms with van der Waals surface area (Å²) in [6, 6.07) is 17.6. The molecule has 0 N–H and O–H groups in total. The minimum atomic E-state index is -0.432. The lowest BCUT2D eigenvalue weighted by molar-refractivity contribution is -0.384. The predicted molar refractivity (Wildman–Crippen MR) is 137 cm³/mol. The molecule has 8 nitrogen and oxygen atoms in total. The first-order valence-electron chi connectivity index (χ1n) is 11.1. The quantitative estimate of drug-likeness (QED) is 0.177. The Morgan fingerprint density at radius 1 is 1.09 bits per heavy atom. The zero-order chi connectivity index (χ0) is 24.7. The van der Waals surface area contributed by atoms with Gasteiger partial charge in [0, 0.05) is 24.4 Å². The van der Waals surface area contributed by atoms with E-state index in [-0.39, 0.29) is 22.9 Å². The molecule has 1 aliphatic heterocycles. The summed E-state index contributed by atoms with van der Waals surface area (Å²) >= 11 is 1.22. The number of anilines is 1. The van der Waals surface area contributed by atoms with Crippen molar-refractivity contribution in [1.29, 1.82) is 0 Å². The number of carbonyl (C=O) groups is 1. The SMILES string of the molecule is Cc1cccc(C)c1-n1c(SCC(=O)N2CCc3cc([N+](=O)[O-])ccc32)nc2ccccc2c1=O. The minimum Gasteiger partial charge on any atom is -0.311 e. The maximum absolute atomic E-state index is 13.6. The van der Waals surface area contributed by atoms with Crippen LogP contribution in [0.2, 0.25) is 0 Å². The monoisotopic (exact) mass is 486 g/mol. The molecule has 4 aromatic rings. The van der Waals surface area contributed by atoms with Crippen molar-refractivity contribution in [2.75, 3.05) is 17.2 Å². The number of amides is 1. The van der Waals surface area contributed by atoms with Gasteiger partial charge < -0.3 is 4.90 Å². The van der Waals surface area contributed by atoms with Gasteiger partial charge in [0.1, 0.15) is 0 Å². The van der Waals surface area contributed by atoms with Crippen molar-refractivity contribution in [3.8, 4) is 5.69 Å². The lowest BCUT2D eigenvalue weighted by atomic mass is 10.1. The Morgan fingerprint density at radius 2 is 1.83 bits per heavy atom. The molecule has 0 saturated carbocycles. The van der Waals surface area contributed by atoms with E-state index in [2.05, 4.69) is 0 Å². The molecule has 0 bridgehead atoms. The fourth-order valence-corrected chi connectivity index (χ4v) is 5.40. The summed E-state index contributed by atoms with van der Waals surface area (Å²) < 4.78 is 1.60. The number of carbonyl (C=O) groups excluding carboxylic acids is 1. The zero-order valence-electron chi connectivity index (χ0n) is 19.2. The lowest BCUT2D eigenvalue weighted by Gasteiger charge is -2.19. The molecule has 1 aliphatic rings. The van der Waals surface area contributed by atoms with Gasteiger partial charge in [-0.1, -0.05) is 42.1 Å². The number of para-hydroxylation sites is 2. The van der Waals surface area contributed by atoms with Crippen molar-refractivity contribution in [3.05, 3.63) is 97.8 Å². The summed E-state index contributed by atoms with van der Waals surface area (Å²) in [6.45, 7) is 4.36. The van der Waals surface area contributed by atoms with Crippen LogP contribution >= 0.6 is 11.8 Å². The van der Waals surface area contributed by atoms with Gasteiger partial charge in [-0.05, 0) is 55.2 Å². The standard InChI is InChI=1S/C26H22N4O4S/c1-16-6-5-7-17(2)24(16)29-25(32)20-8-3-4-9-21(20)27-26(29)35-15-23(31)28-13-12-18-14-19(30(33)34)10-11-22(18)28/h3-11,14H,12-13,15H2,1-2H3. The molecule has 35 heavy (non-hydrogen) atoms. The molecule has 0 atom stereocenters. The van der Waals surface area contributed by atoms with E-state index in [0.29, 0.717) is 34.7 Å². The highest BCUT2D eigenvalue weighted by molar-refractivity contribution is 7.99. The number of thioether (sulfide) groups is 1. The second kappa shape index (κ2) is 8.99. The van der Waals surface area contributed by atoms with Crippen molar-refractivity contribution < 1.29 is 9.72 Å². The van der Waals surface area contributed by atoms with E-state index < -0.39 is 4.92 Å². The van der Waals surface area contributed by atoms with Gasteiger partial charge in [0.2, 0.25) is 5.91 Å². The maximum Gasteiger partial charge on any atom is 0.269 e. The van der Waals surface area contributed by atoms with Crippen molar-refractivity contribution in [2.24, 2.45) is 0 Å². The molecule has 5 rings (SSSR count). The van der Waals surface area contributed by atoms with Gasteiger partial charge >= 0.3 is 0 Å². The number of benzene rings is 3. The Morgan fingerprint density at radius 3 is 2.57 bits per heavy atom. The highest BCUT2D eigenvalue weighted by Gasteiger charge is 2.27. The number of non-ortho nitro benzene ring substituents is 1. The molecule has 0 spiro atoms. The van der Waals surface area contributed by atoms with Gasteiger partial charge in [-0.25, -0.2) is 4.98 Å². The molecule has 176 valence electrons. The van der Waals surface area contributed by atoms with E-state index in [1.807, 2.05) is 44.2 Å². The second-order valence-corrected chi connectivity index (χ2v) is 9.39. The number of fused-ring (bicyclic) bond motifs is 2. The van der Waals surface area contributed by atoms with E-state index in [1.165, 1.54) is 23.9 Å². The van der Waals surface area contributed by atoms with Crippen LogP contribution in [0, 0.1) is 24.0 Å². The van der Waals surface area contributed by atoms with Crippen LogP contribution in [0.4, 0.5) is 11.4 Å². The summed E-state index contributed by atoms with van der Waals surface area (Å²) in [6.07, 6.45) is 0.564. The van der Waals surface area contributed by atoms with Crippen molar-refractivity contribution in [3.63, 3.8) is 0 Å². The zero-order valence-corrected chi connectivity index (χ0v) is 20.0. The maximum atomic E-state index is 13.6. The Kier molecular flexibility index (Phi) is 5.86. The third-order valence-corrected chi connectivity index (χ3v) is 7.13. The number of nitrogens with zero attached hydrogens (tertiary/aromatic N) is 4. The third kappa shape index (κ3) is 4.08. The van der Waals surface area contributed by atoms with Gasteiger partial charge in [0.05, 0.1) is 27.3 Å². The Hall–Kier alpha value is -3.98. The molecular weight excluding hydrogens is 464 g/mol. The lowest BCUT2D eigenvalue weighted by Crippen LogP contribution is -2.31. The van der Waals surface area contributed by atoms with Crippen LogP contribution in [0.15, 0.2) is 70.6 Å². The summed E-state index contributed by atoms with van der Waals surface area (Å²) in [5, 5.41) is 12.0. The highest BCUT2D eigenvalue weighted by atomic mass is 32.2. The molecule has 0 saturated heterocycles. The predicted octanol–water partition coefficient (Wildman–Crippen LogP) is 4.59. The number of hydrogen-bond donors (Lipinski definition) is 0. The van der Waals surface area contributed by atoms with Crippen molar-refractivity contribution in [1.82, 2.24) is 9.55 Å². The Labute approximate surface area is 205 Å². The summed E-state index contributed by atoms with van der Waals surface area (Å²) in [7, 11) is 0. The number of hydrogen-bond acceptors (Lipinski definition) is 6. The molecule has 0 unspecified atom stereocenters. The number of aromatic nitrogens is 2. The second-order valence-electron chi connectivity index (χ2n) is 8.45. The highest BCUT2D eigenvalue weighted by Crippen LogP contribution is 2.32. The van der Waals surface area contributed by atoms with Crippen molar-refractivity contribution in [2.45, 2.75) is 25.4 Å². The fraction of sp³-hybridized carbons (Fsp3) is 0.192. The summed E-state index contributed by atoms with van der Waals surface area (Å²) in [5.41, 5.74) is 4.54. The molecule has 0 aliphatic carbocycles. The van der Waals surface area contributed by atoms with E-state index in [9.17, 15) is 19.7 Å². The molecule has 9 heteroatoms. The van der Waals surface area contributed by atoms with Gasteiger partial charge in [-0.15, -0.1) is 0 Å².